The normalized spacial score (nSPS) is 23.1. The molecule has 2 aromatic rings. The van der Waals surface area contributed by atoms with Crippen LogP contribution in [0, 0.1) is 0 Å². The second-order valence-corrected chi connectivity index (χ2v) is 6.49. The molecule has 1 N–H and O–H groups in total. The zero-order chi connectivity index (χ0) is 16.4. The van der Waals surface area contributed by atoms with Crippen LogP contribution in [0.25, 0.3) is 0 Å². The lowest BCUT2D eigenvalue weighted by molar-refractivity contribution is -0.123. The summed E-state index contributed by atoms with van der Waals surface area (Å²) in [6, 6.07) is 2.32. The number of carbonyl (C=O) groups is 1. The molecule has 2 aromatic heterocycles. The molecule has 1 saturated heterocycles. The fraction of sp³-hybridized carbons (Fsp3) is 0.562. The van der Waals surface area contributed by atoms with Gasteiger partial charge in [0.05, 0.1) is 12.4 Å². The van der Waals surface area contributed by atoms with Crippen LogP contribution in [0.3, 0.4) is 0 Å². The van der Waals surface area contributed by atoms with Gasteiger partial charge >= 0.3 is 0 Å². The number of amides is 1. The number of nitrogens with zero attached hydrogens (tertiary/aromatic N) is 6. The van der Waals surface area contributed by atoms with Crippen LogP contribution >= 0.6 is 0 Å². The molecule has 0 radical (unpaired) electrons. The van der Waals surface area contributed by atoms with Gasteiger partial charge in [0.15, 0.2) is 0 Å². The van der Waals surface area contributed by atoms with Crippen molar-refractivity contribution in [3.63, 3.8) is 0 Å². The van der Waals surface area contributed by atoms with Crippen molar-refractivity contribution in [2.45, 2.75) is 44.2 Å². The molecule has 0 spiro atoms. The molecular weight excluding hydrogens is 306 g/mol. The fourth-order valence-electron chi connectivity index (χ4n) is 3.41. The monoisotopic (exact) mass is 327 g/mol. The highest BCUT2D eigenvalue weighted by Gasteiger charge is 2.33. The van der Waals surface area contributed by atoms with Gasteiger partial charge in [-0.25, -0.2) is 9.97 Å². The van der Waals surface area contributed by atoms with Gasteiger partial charge in [-0.1, -0.05) is 0 Å². The van der Waals surface area contributed by atoms with Crippen LogP contribution in [0.4, 0.5) is 5.82 Å². The van der Waals surface area contributed by atoms with Crippen molar-refractivity contribution in [1.29, 1.82) is 0 Å². The summed E-state index contributed by atoms with van der Waals surface area (Å²) >= 11 is 0. The van der Waals surface area contributed by atoms with E-state index in [2.05, 4.69) is 36.4 Å². The minimum absolute atomic E-state index is 0.0462. The van der Waals surface area contributed by atoms with E-state index in [1.807, 2.05) is 0 Å². The zero-order valence-electron chi connectivity index (χ0n) is 13.5. The van der Waals surface area contributed by atoms with E-state index in [1.54, 1.807) is 18.7 Å². The minimum atomic E-state index is -0.0462. The van der Waals surface area contributed by atoms with E-state index in [-0.39, 0.29) is 18.5 Å². The Hall–Kier alpha value is -2.51. The van der Waals surface area contributed by atoms with E-state index in [0.29, 0.717) is 5.92 Å². The lowest BCUT2D eigenvalue weighted by atomic mass is 9.78. The van der Waals surface area contributed by atoms with E-state index in [1.165, 1.54) is 17.6 Å². The summed E-state index contributed by atoms with van der Waals surface area (Å²) in [6.07, 6.45) is 9.13. The zero-order valence-corrected chi connectivity index (χ0v) is 13.5. The number of anilines is 1. The van der Waals surface area contributed by atoms with E-state index in [9.17, 15) is 4.79 Å². The Bertz CT molecular complexity index is 690. The Labute approximate surface area is 140 Å². The lowest BCUT2D eigenvalue weighted by Gasteiger charge is -2.35. The van der Waals surface area contributed by atoms with E-state index >= 15 is 0 Å². The molecule has 1 aliphatic heterocycles. The molecule has 126 valence electrons. The predicted molar refractivity (Wildman–Crippen MR) is 87.4 cm³/mol. The van der Waals surface area contributed by atoms with Crippen LogP contribution in [0.2, 0.25) is 0 Å². The Morgan fingerprint density at radius 3 is 2.67 bits per heavy atom. The highest BCUT2D eigenvalue weighted by Crippen LogP contribution is 2.36. The molecule has 3 heterocycles. The highest BCUT2D eigenvalue weighted by atomic mass is 16.2. The van der Waals surface area contributed by atoms with Crippen LogP contribution in [0.15, 0.2) is 24.8 Å². The molecule has 2 fully saturated rings. The summed E-state index contributed by atoms with van der Waals surface area (Å²) in [6.45, 7) is 2.34. The third kappa shape index (κ3) is 3.22. The van der Waals surface area contributed by atoms with Gasteiger partial charge in [-0.3, -0.25) is 4.79 Å². The first kappa shape index (κ1) is 15.0. The first-order valence-corrected chi connectivity index (χ1v) is 8.48. The molecular formula is C16H21N7O. The highest BCUT2D eigenvalue weighted by molar-refractivity contribution is 5.76. The van der Waals surface area contributed by atoms with Crippen molar-refractivity contribution >= 4 is 11.7 Å². The summed E-state index contributed by atoms with van der Waals surface area (Å²) in [5.41, 5.74) is 1.09. The van der Waals surface area contributed by atoms with Crippen molar-refractivity contribution in [3.8, 4) is 0 Å². The number of hydrogen-bond acceptors (Lipinski definition) is 6. The molecule has 8 heteroatoms. The van der Waals surface area contributed by atoms with Crippen molar-refractivity contribution in [2.24, 2.45) is 0 Å². The van der Waals surface area contributed by atoms with E-state index in [0.717, 1.165) is 37.4 Å². The predicted octanol–water partition coefficient (Wildman–Crippen LogP) is 0.731. The van der Waals surface area contributed by atoms with Crippen molar-refractivity contribution in [3.05, 3.63) is 30.5 Å². The maximum atomic E-state index is 11.9. The van der Waals surface area contributed by atoms with E-state index < -0.39 is 0 Å². The Kier molecular flexibility index (Phi) is 4.10. The molecule has 1 amide bonds. The largest absolute Gasteiger partial charge is 0.357 e. The molecule has 0 aromatic carbocycles. The minimum Gasteiger partial charge on any atom is -0.357 e. The third-order valence-electron chi connectivity index (χ3n) is 4.78. The Balaban J connectivity index is 1.29. The quantitative estimate of drug-likeness (QED) is 0.871. The number of nitrogens with one attached hydrogen (secondary N) is 1. The summed E-state index contributed by atoms with van der Waals surface area (Å²) in [7, 11) is 0. The molecule has 1 saturated carbocycles. The maximum absolute atomic E-state index is 11.9. The average molecular weight is 327 g/mol. The molecule has 2 aliphatic rings. The Morgan fingerprint density at radius 2 is 1.92 bits per heavy atom. The smallest absolute Gasteiger partial charge is 0.243 e. The third-order valence-corrected chi connectivity index (χ3v) is 4.78. The Morgan fingerprint density at radius 1 is 1.17 bits per heavy atom. The van der Waals surface area contributed by atoms with Gasteiger partial charge < -0.3 is 10.2 Å². The van der Waals surface area contributed by atoms with Crippen molar-refractivity contribution in [2.75, 3.05) is 18.0 Å². The first-order valence-electron chi connectivity index (χ1n) is 8.48. The fourth-order valence-corrected chi connectivity index (χ4v) is 3.41. The SMILES string of the molecule is O=C(Cn1nccn1)NC1CC(c2cc(N3CCCC3)ncn2)C1. The van der Waals surface area contributed by atoms with Crippen LogP contribution in [0.5, 0.6) is 0 Å². The van der Waals surface area contributed by atoms with Gasteiger partial charge in [0.2, 0.25) is 5.91 Å². The van der Waals surface area contributed by atoms with Gasteiger partial charge in [-0.2, -0.15) is 15.0 Å². The molecule has 4 rings (SSSR count). The lowest BCUT2D eigenvalue weighted by Crippen LogP contribution is -2.45. The van der Waals surface area contributed by atoms with Gasteiger partial charge in [0, 0.05) is 36.8 Å². The van der Waals surface area contributed by atoms with Crippen LogP contribution in [-0.2, 0) is 11.3 Å². The number of hydrogen-bond donors (Lipinski definition) is 1. The number of rotatable bonds is 5. The summed E-state index contributed by atoms with van der Waals surface area (Å²) in [4.78, 5) is 24.5. The number of aromatic nitrogens is 5. The van der Waals surface area contributed by atoms with Gasteiger partial charge in [0.1, 0.15) is 18.7 Å². The molecule has 0 bridgehead atoms. The van der Waals surface area contributed by atoms with Crippen LogP contribution < -0.4 is 10.2 Å². The molecule has 1 aliphatic carbocycles. The first-order chi connectivity index (χ1) is 11.8. The van der Waals surface area contributed by atoms with Crippen LogP contribution in [0.1, 0.15) is 37.3 Å². The van der Waals surface area contributed by atoms with Gasteiger partial charge in [-0.05, 0) is 25.7 Å². The maximum Gasteiger partial charge on any atom is 0.243 e. The topological polar surface area (TPSA) is 88.8 Å². The number of carbonyl (C=O) groups excluding carboxylic acids is 1. The van der Waals surface area contributed by atoms with Gasteiger partial charge in [-0.15, -0.1) is 0 Å². The molecule has 0 unspecified atom stereocenters. The van der Waals surface area contributed by atoms with Crippen LogP contribution in [-0.4, -0.2) is 50.0 Å². The standard InChI is InChI=1S/C16H21N7O/c24-16(10-23-19-3-4-20-23)21-13-7-12(8-13)14-9-15(18-11-17-14)22-5-1-2-6-22/h3-4,9,11-13H,1-2,5-8,10H2,(H,21,24). The van der Waals surface area contributed by atoms with Crippen molar-refractivity contribution in [1.82, 2.24) is 30.3 Å². The second-order valence-electron chi connectivity index (χ2n) is 6.49. The molecule has 0 atom stereocenters. The van der Waals surface area contributed by atoms with E-state index in [4.69, 9.17) is 0 Å². The summed E-state index contributed by atoms with van der Waals surface area (Å²) < 4.78 is 0. The average Bonchev–Trinajstić information content (AvgIpc) is 3.24. The van der Waals surface area contributed by atoms with Crippen molar-refractivity contribution < 1.29 is 4.79 Å². The summed E-state index contributed by atoms with van der Waals surface area (Å²) in [5.74, 6) is 1.40. The molecule has 8 nitrogen and oxygen atoms in total. The van der Waals surface area contributed by atoms with Gasteiger partial charge in [0.25, 0.3) is 0 Å². The second kappa shape index (κ2) is 6.54. The summed E-state index contributed by atoms with van der Waals surface area (Å²) in [5, 5.41) is 10.9. The molecule has 24 heavy (non-hydrogen) atoms.